The Kier molecular flexibility index (Phi) is 5.18. The van der Waals surface area contributed by atoms with Crippen LogP contribution in [0.25, 0.3) is 0 Å². The zero-order chi connectivity index (χ0) is 17.0. The molecule has 0 atom stereocenters. The van der Waals surface area contributed by atoms with Crippen molar-refractivity contribution in [3.8, 4) is 5.75 Å². The van der Waals surface area contributed by atoms with E-state index in [0.29, 0.717) is 11.4 Å². The molecular formula is C16H14ClFN2O3. The average molecular weight is 337 g/mol. The number of halogens is 2. The first-order valence-corrected chi connectivity index (χ1v) is 7.01. The lowest BCUT2D eigenvalue weighted by Gasteiger charge is -2.13. The second-order valence-electron chi connectivity index (χ2n) is 4.65. The monoisotopic (exact) mass is 336 g/mol. The van der Waals surface area contributed by atoms with E-state index in [2.05, 4.69) is 10.6 Å². The highest BCUT2D eigenvalue weighted by molar-refractivity contribution is 6.34. The third-order valence-corrected chi connectivity index (χ3v) is 3.27. The lowest BCUT2D eigenvalue weighted by Crippen LogP contribution is -2.15. The Morgan fingerprint density at radius 3 is 2.52 bits per heavy atom. The minimum Gasteiger partial charge on any atom is -0.495 e. The van der Waals surface area contributed by atoms with Crippen LogP contribution in [-0.2, 0) is 4.79 Å². The summed E-state index contributed by atoms with van der Waals surface area (Å²) in [6, 6.07) is 8.67. The summed E-state index contributed by atoms with van der Waals surface area (Å²) < 4.78 is 19.0. The van der Waals surface area contributed by atoms with Crippen LogP contribution in [0.3, 0.4) is 0 Å². The minimum absolute atomic E-state index is 0.000479. The largest absolute Gasteiger partial charge is 0.495 e. The van der Waals surface area contributed by atoms with E-state index in [0.717, 1.165) is 6.07 Å². The fourth-order valence-electron chi connectivity index (χ4n) is 1.99. The molecule has 0 spiro atoms. The van der Waals surface area contributed by atoms with Crippen molar-refractivity contribution in [3.63, 3.8) is 0 Å². The molecule has 2 amide bonds. The van der Waals surface area contributed by atoms with Crippen LogP contribution in [0, 0.1) is 5.82 Å². The van der Waals surface area contributed by atoms with Gasteiger partial charge in [0, 0.05) is 12.6 Å². The van der Waals surface area contributed by atoms with Crippen molar-refractivity contribution in [2.45, 2.75) is 6.92 Å². The van der Waals surface area contributed by atoms with E-state index in [1.807, 2.05) is 0 Å². The van der Waals surface area contributed by atoms with Gasteiger partial charge in [0.1, 0.15) is 11.6 Å². The Hall–Kier alpha value is -2.60. The van der Waals surface area contributed by atoms with Crippen molar-refractivity contribution in [3.05, 3.63) is 52.8 Å². The number of carbonyl (C=O) groups excluding carboxylic acids is 2. The van der Waals surface area contributed by atoms with E-state index < -0.39 is 11.7 Å². The van der Waals surface area contributed by atoms with Gasteiger partial charge in [0.15, 0.2) is 0 Å². The zero-order valence-electron chi connectivity index (χ0n) is 12.4. The Labute approximate surface area is 137 Å². The Bertz CT molecular complexity index is 745. The van der Waals surface area contributed by atoms with Gasteiger partial charge in [-0.3, -0.25) is 9.59 Å². The molecule has 0 aromatic heterocycles. The van der Waals surface area contributed by atoms with Gasteiger partial charge in [0.2, 0.25) is 5.91 Å². The second-order valence-corrected chi connectivity index (χ2v) is 5.05. The van der Waals surface area contributed by atoms with Crippen molar-refractivity contribution in [2.24, 2.45) is 0 Å². The average Bonchev–Trinajstić information content (AvgIpc) is 2.46. The first-order chi connectivity index (χ1) is 10.9. The maximum atomic E-state index is 13.8. The molecule has 0 aliphatic carbocycles. The molecule has 120 valence electrons. The number of methoxy groups -OCH3 is 1. The molecule has 0 fully saturated rings. The smallest absolute Gasteiger partial charge is 0.260 e. The molecule has 0 saturated carbocycles. The molecule has 0 heterocycles. The van der Waals surface area contributed by atoms with E-state index in [9.17, 15) is 14.0 Å². The molecule has 0 bridgehead atoms. The number of hydrogen-bond donors (Lipinski definition) is 2. The van der Waals surface area contributed by atoms with Crippen molar-refractivity contribution in [2.75, 3.05) is 17.7 Å². The standard InChI is InChI=1S/C16H14ClFN2O3/c1-9(21)19-10-6-7-14(23-2)13(8-10)20-16(22)15-11(17)4-3-5-12(15)18/h3-8H,1-2H3,(H,19,21)(H,20,22). The number of rotatable bonds is 4. The normalized spacial score (nSPS) is 10.1. The maximum absolute atomic E-state index is 13.8. The lowest BCUT2D eigenvalue weighted by molar-refractivity contribution is -0.114. The SMILES string of the molecule is COc1ccc(NC(C)=O)cc1NC(=O)c1c(F)cccc1Cl. The number of ether oxygens (including phenoxy) is 1. The van der Waals surface area contributed by atoms with E-state index in [1.165, 1.54) is 32.2 Å². The molecule has 2 N–H and O–H groups in total. The zero-order valence-corrected chi connectivity index (χ0v) is 13.2. The number of nitrogens with one attached hydrogen (secondary N) is 2. The summed E-state index contributed by atoms with van der Waals surface area (Å²) >= 11 is 5.88. The first-order valence-electron chi connectivity index (χ1n) is 6.63. The molecule has 7 heteroatoms. The van der Waals surface area contributed by atoms with E-state index in [4.69, 9.17) is 16.3 Å². The van der Waals surface area contributed by atoms with E-state index in [-0.39, 0.29) is 22.2 Å². The van der Waals surface area contributed by atoms with Crippen LogP contribution in [0.2, 0.25) is 5.02 Å². The van der Waals surface area contributed by atoms with Crippen LogP contribution >= 0.6 is 11.6 Å². The molecule has 2 aromatic rings. The predicted molar refractivity (Wildman–Crippen MR) is 86.7 cm³/mol. The molecule has 0 aliphatic rings. The van der Waals surface area contributed by atoms with Gasteiger partial charge in [-0.05, 0) is 30.3 Å². The van der Waals surface area contributed by atoms with Crippen LogP contribution in [-0.4, -0.2) is 18.9 Å². The Morgan fingerprint density at radius 1 is 1.17 bits per heavy atom. The summed E-state index contributed by atoms with van der Waals surface area (Å²) in [4.78, 5) is 23.4. The Morgan fingerprint density at radius 2 is 1.91 bits per heavy atom. The summed E-state index contributed by atoms with van der Waals surface area (Å²) in [6.45, 7) is 1.36. The van der Waals surface area contributed by atoms with Crippen LogP contribution in [0.1, 0.15) is 17.3 Å². The number of hydrogen-bond acceptors (Lipinski definition) is 3. The second kappa shape index (κ2) is 7.11. The fraction of sp³-hybridized carbons (Fsp3) is 0.125. The van der Waals surface area contributed by atoms with Crippen LogP contribution in [0.5, 0.6) is 5.75 Å². The number of anilines is 2. The molecule has 2 rings (SSSR count). The highest BCUT2D eigenvalue weighted by atomic mass is 35.5. The van der Waals surface area contributed by atoms with Crippen molar-refractivity contribution in [1.82, 2.24) is 0 Å². The topological polar surface area (TPSA) is 67.4 Å². The number of benzene rings is 2. The summed E-state index contributed by atoms with van der Waals surface area (Å²) in [7, 11) is 1.43. The summed E-state index contributed by atoms with van der Waals surface area (Å²) in [5.41, 5.74) is 0.484. The third-order valence-electron chi connectivity index (χ3n) is 2.96. The fourth-order valence-corrected chi connectivity index (χ4v) is 2.24. The number of amides is 2. The summed E-state index contributed by atoms with van der Waals surface area (Å²) in [6.07, 6.45) is 0. The third kappa shape index (κ3) is 3.98. The van der Waals surface area contributed by atoms with E-state index in [1.54, 1.807) is 12.1 Å². The first kappa shape index (κ1) is 16.8. The van der Waals surface area contributed by atoms with Crippen molar-refractivity contribution >= 4 is 34.8 Å². The predicted octanol–water partition coefficient (Wildman–Crippen LogP) is 3.70. The van der Waals surface area contributed by atoms with Crippen LogP contribution in [0.15, 0.2) is 36.4 Å². The molecule has 0 unspecified atom stereocenters. The maximum Gasteiger partial charge on any atom is 0.260 e. The molecular weight excluding hydrogens is 323 g/mol. The van der Waals surface area contributed by atoms with Gasteiger partial charge in [-0.25, -0.2) is 4.39 Å². The van der Waals surface area contributed by atoms with Crippen molar-refractivity contribution < 1.29 is 18.7 Å². The summed E-state index contributed by atoms with van der Waals surface area (Å²) in [5, 5.41) is 5.12. The summed E-state index contributed by atoms with van der Waals surface area (Å²) in [5.74, 6) is -1.34. The highest BCUT2D eigenvalue weighted by Gasteiger charge is 2.17. The lowest BCUT2D eigenvalue weighted by atomic mass is 10.2. The molecule has 0 aliphatic heterocycles. The molecule has 0 radical (unpaired) electrons. The van der Waals surface area contributed by atoms with Crippen LogP contribution in [0.4, 0.5) is 15.8 Å². The molecule has 23 heavy (non-hydrogen) atoms. The Balaban J connectivity index is 2.34. The quantitative estimate of drug-likeness (QED) is 0.894. The minimum atomic E-state index is -0.730. The van der Waals surface area contributed by atoms with Crippen molar-refractivity contribution in [1.29, 1.82) is 0 Å². The van der Waals surface area contributed by atoms with Gasteiger partial charge >= 0.3 is 0 Å². The molecule has 2 aromatic carbocycles. The van der Waals surface area contributed by atoms with Crippen LogP contribution < -0.4 is 15.4 Å². The van der Waals surface area contributed by atoms with Gasteiger partial charge in [-0.15, -0.1) is 0 Å². The molecule has 5 nitrogen and oxygen atoms in total. The van der Waals surface area contributed by atoms with Gasteiger partial charge in [-0.2, -0.15) is 0 Å². The van der Waals surface area contributed by atoms with Gasteiger partial charge in [-0.1, -0.05) is 17.7 Å². The van der Waals surface area contributed by atoms with Gasteiger partial charge in [0.25, 0.3) is 5.91 Å². The number of carbonyl (C=O) groups is 2. The van der Waals surface area contributed by atoms with E-state index >= 15 is 0 Å². The van der Waals surface area contributed by atoms with Gasteiger partial charge in [0.05, 0.1) is 23.4 Å². The van der Waals surface area contributed by atoms with Gasteiger partial charge < -0.3 is 15.4 Å². The highest BCUT2D eigenvalue weighted by Crippen LogP contribution is 2.29. The molecule has 0 saturated heterocycles.